The Morgan fingerprint density at radius 1 is 0.906 bits per heavy atom. The van der Waals surface area contributed by atoms with E-state index in [-0.39, 0.29) is 10.8 Å². The standard InChI is InChI=1S/C30H46O2/c1-28(2,3)26-20-23-17-18-24(21-25(23)27(26)29(4,5)6)32-30(7,8)31-19-13-12-16-22-14-10-9-11-15-22/h10,14-15,17-18,21,26-27H,9,11-13,16,19-20H2,1-8H3. The Kier molecular flexibility index (Phi) is 7.65. The highest BCUT2D eigenvalue weighted by molar-refractivity contribution is 5.43. The fourth-order valence-corrected chi connectivity index (χ4v) is 5.48. The molecule has 0 saturated carbocycles. The molecule has 2 heteroatoms. The van der Waals surface area contributed by atoms with E-state index in [1.807, 2.05) is 13.8 Å². The Balaban J connectivity index is 1.59. The molecule has 2 aliphatic carbocycles. The number of fused-ring (bicyclic) bond motifs is 1. The van der Waals surface area contributed by atoms with E-state index in [2.05, 4.69) is 78.0 Å². The molecule has 0 saturated heterocycles. The molecule has 0 aliphatic heterocycles. The number of unbranched alkanes of at least 4 members (excludes halogenated alkanes) is 1. The average Bonchev–Trinajstić information content (AvgIpc) is 3.08. The van der Waals surface area contributed by atoms with Gasteiger partial charge in [-0.25, -0.2) is 0 Å². The molecule has 178 valence electrons. The molecule has 0 spiro atoms. The predicted molar refractivity (Wildman–Crippen MR) is 136 cm³/mol. The van der Waals surface area contributed by atoms with Crippen LogP contribution < -0.4 is 4.74 Å². The lowest BCUT2D eigenvalue weighted by Gasteiger charge is -2.40. The molecule has 2 aliphatic rings. The van der Waals surface area contributed by atoms with E-state index in [1.165, 1.54) is 29.5 Å². The molecule has 0 amide bonds. The van der Waals surface area contributed by atoms with Crippen LogP contribution in [0.15, 0.2) is 42.0 Å². The first kappa shape index (κ1) is 25.1. The third-order valence-electron chi connectivity index (χ3n) is 7.08. The van der Waals surface area contributed by atoms with Crippen molar-refractivity contribution in [2.24, 2.45) is 16.7 Å². The van der Waals surface area contributed by atoms with Crippen molar-refractivity contribution < 1.29 is 9.47 Å². The van der Waals surface area contributed by atoms with Gasteiger partial charge in [0.1, 0.15) is 5.75 Å². The van der Waals surface area contributed by atoms with Gasteiger partial charge in [-0.3, -0.25) is 0 Å². The Hall–Kier alpha value is -1.54. The van der Waals surface area contributed by atoms with Crippen molar-refractivity contribution >= 4 is 0 Å². The summed E-state index contributed by atoms with van der Waals surface area (Å²) >= 11 is 0. The summed E-state index contributed by atoms with van der Waals surface area (Å²) in [4.78, 5) is 0. The molecule has 2 atom stereocenters. The van der Waals surface area contributed by atoms with Crippen LogP contribution in [0.5, 0.6) is 5.75 Å². The summed E-state index contributed by atoms with van der Waals surface area (Å²) in [7, 11) is 0. The van der Waals surface area contributed by atoms with E-state index >= 15 is 0 Å². The van der Waals surface area contributed by atoms with Gasteiger partial charge in [-0.2, -0.15) is 0 Å². The molecule has 1 aromatic rings. The van der Waals surface area contributed by atoms with Crippen molar-refractivity contribution in [1.29, 1.82) is 0 Å². The summed E-state index contributed by atoms with van der Waals surface area (Å²) in [5, 5.41) is 0. The van der Waals surface area contributed by atoms with Gasteiger partial charge in [-0.1, -0.05) is 71.4 Å². The van der Waals surface area contributed by atoms with Crippen molar-refractivity contribution in [3.05, 3.63) is 53.1 Å². The first-order chi connectivity index (χ1) is 14.9. The molecular formula is C30H46O2. The van der Waals surface area contributed by atoms with Crippen molar-refractivity contribution in [3.63, 3.8) is 0 Å². The zero-order valence-corrected chi connectivity index (χ0v) is 21.9. The molecule has 32 heavy (non-hydrogen) atoms. The van der Waals surface area contributed by atoms with Gasteiger partial charge >= 0.3 is 0 Å². The number of ether oxygens (including phenoxy) is 2. The highest BCUT2D eigenvalue weighted by Crippen LogP contribution is 2.54. The Bertz CT molecular complexity index is 829. The molecule has 2 unspecified atom stereocenters. The topological polar surface area (TPSA) is 18.5 Å². The quantitative estimate of drug-likeness (QED) is 0.299. The maximum absolute atomic E-state index is 6.36. The van der Waals surface area contributed by atoms with Crippen LogP contribution in [0.3, 0.4) is 0 Å². The zero-order chi connectivity index (χ0) is 23.6. The van der Waals surface area contributed by atoms with Crippen molar-refractivity contribution in [3.8, 4) is 5.75 Å². The Morgan fingerprint density at radius 2 is 1.66 bits per heavy atom. The highest BCUT2D eigenvalue weighted by Gasteiger charge is 2.45. The highest BCUT2D eigenvalue weighted by atomic mass is 16.7. The van der Waals surface area contributed by atoms with Crippen LogP contribution in [0, 0.1) is 16.7 Å². The fourth-order valence-electron chi connectivity index (χ4n) is 5.48. The first-order valence-electron chi connectivity index (χ1n) is 12.7. The third kappa shape index (κ3) is 6.50. The van der Waals surface area contributed by atoms with E-state index in [1.54, 1.807) is 0 Å². The van der Waals surface area contributed by atoms with Crippen molar-refractivity contribution in [2.45, 2.75) is 106 Å². The maximum atomic E-state index is 6.36. The van der Waals surface area contributed by atoms with Crippen LogP contribution in [-0.2, 0) is 11.2 Å². The van der Waals surface area contributed by atoms with Gasteiger partial charge in [0.15, 0.2) is 0 Å². The van der Waals surface area contributed by atoms with Crippen LogP contribution >= 0.6 is 0 Å². The monoisotopic (exact) mass is 438 g/mol. The van der Waals surface area contributed by atoms with Gasteiger partial charge in [-0.15, -0.1) is 0 Å². The summed E-state index contributed by atoms with van der Waals surface area (Å²) in [6, 6.07) is 6.72. The summed E-state index contributed by atoms with van der Waals surface area (Å²) in [5.74, 6) is 1.48. The minimum Gasteiger partial charge on any atom is -0.463 e. The molecule has 1 aromatic carbocycles. The first-order valence-corrected chi connectivity index (χ1v) is 12.7. The van der Waals surface area contributed by atoms with E-state index < -0.39 is 5.79 Å². The van der Waals surface area contributed by atoms with Crippen LogP contribution in [0.1, 0.15) is 105 Å². The second-order valence-electron chi connectivity index (χ2n) is 12.4. The minimum absolute atomic E-state index is 0.219. The molecule has 0 fully saturated rings. The summed E-state index contributed by atoms with van der Waals surface area (Å²) in [6.45, 7) is 19.1. The van der Waals surface area contributed by atoms with E-state index in [4.69, 9.17) is 9.47 Å². The SMILES string of the molecule is CC(C)(OCCCCC1=CCCC=C1)Oc1ccc2c(c1)C(C(C)(C)C)C(C(C)(C)C)C2. The van der Waals surface area contributed by atoms with Crippen molar-refractivity contribution in [2.75, 3.05) is 6.61 Å². The van der Waals surface area contributed by atoms with Crippen LogP contribution in [0.2, 0.25) is 0 Å². The molecule has 0 aromatic heterocycles. The van der Waals surface area contributed by atoms with Crippen LogP contribution in [-0.4, -0.2) is 12.4 Å². The van der Waals surface area contributed by atoms with Gasteiger partial charge in [0, 0.05) is 13.8 Å². The zero-order valence-electron chi connectivity index (χ0n) is 21.9. The molecule has 0 bridgehead atoms. The van der Waals surface area contributed by atoms with Gasteiger partial charge in [0.25, 0.3) is 0 Å². The molecular weight excluding hydrogens is 392 g/mol. The lowest BCUT2D eigenvalue weighted by molar-refractivity contribution is -0.156. The normalized spacial score (nSPS) is 21.4. The minimum atomic E-state index is -0.627. The molecule has 0 heterocycles. The number of hydrogen-bond donors (Lipinski definition) is 0. The van der Waals surface area contributed by atoms with E-state index in [0.29, 0.717) is 11.8 Å². The Morgan fingerprint density at radius 3 is 2.28 bits per heavy atom. The summed E-state index contributed by atoms with van der Waals surface area (Å²) < 4.78 is 12.5. The summed E-state index contributed by atoms with van der Waals surface area (Å²) in [6.07, 6.45) is 13.8. The van der Waals surface area contributed by atoms with Gasteiger partial charge < -0.3 is 9.47 Å². The van der Waals surface area contributed by atoms with Crippen LogP contribution in [0.4, 0.5) is 0 Å². The van der Waals surface area contributed by atoms with Gasteiger partial charge in [0.05, 0.1) is 6.61 Å². The largest absolute Gasteiger partial charge is 0.463 e. The molecule has 0 radical (unpaired) electrons. The maximum Gasteiger partial charge on any atom is 0.204 e. The van der Waals surface area contributed by atoms with Gasteiger partial charge in [0.2, 0.25) is 5.79 Å². The Labute approximate surface area is 197 Å². The van der Waals surface area contributed by atoms with Gasteiger partial charge in [-0.05, 0) is 84.5 Å². The van der Waals surface area contributed by atoms with Crippen molar-refractivity contribution in [1.82, 2.24) is 0 Å². The second-order valence-corrected chi connectivity index (χ2v) is 12.4. The fraction of sp³-hybridized carbons (Fsp3) is 0.667. The third-order valence-corrected chi connectivity index (χ3v) is 7.08. The molecule has 2 nitrogen and oxygen atoms in total. The van der Waals surface area contributed by atoms with Crippen LogP contribution in [0.25, 0.3) is 0 Å². The number of benzene rings is 1. The van der Waals surface area contributed by atoms with E-state index in [0.717, 1.165) is 38.0 Å². The smallest absolute Gasteiger partial charge is 0.204 e. The number of hydrogen-bond acceptors (Lipinski definition) is 2. The predicted octanol–water partition coefficient (Wildman–Crippen LogP) is 8.61. The summed E-state index contributed by atoms with van der Waals surface area (Å²) in [5.41, 5.74) is 4.94. The lowest BCUT2D eigenvalue weighted by atomic mass is 9.65. The second kappa shape index (κ2) is 9.75. The lowest BCUT2D eigenvalue weighted by Crippen LogP contribution is -2.33. The van der Waals surface area contributed by atoms with E-state index in [9.17, 15) is 0 Å². The number of rotatable bonds is 8. The molecule has 0 N–H and O–H groups in total. The average molecular weight is 439 g/mol. The molecule has 3 rings (SSSR count). The number of allylic oxidation sites excluding steroid dienone is 4.